The van der Waals surface area contributed by atoms with Crippen molar-refractivity contribution in [2.75, 3.05) is 14.2 Å². The molecule has 5 heteroatoms. The van der Waals surface area contributed by atoms with Gasteiger partial charge in [0.15, 0.2) is 0 Å². The summed E-state index contributed by atoms with van der Waals surface area (Å²) >= 11 is 0. The smallest absolute Gasteiger partial charge is 0.225 e. The molecule has 0 saturated heterocycles. The Bertz CT molecular complexity index is 1020. The van der Waals surface area contributed by atoms with Crippen molar-refractivity contribution < 1.29 is 18.9 Å². The summed E-state index contributed by atoms with van der Waals surface area (Å²) < 4.78 is 22.3. The zero-order valence-electron chi connectivity index (χ0n) is 17.6. The fourth-order valence-corrected chi connectivity index (χ4v) is 2.62. The average Bonchev–Trinajstić information content (AvgIpc) is 2.78. The van der Waals surface area contributed by atoms with E-state index in [1.54, 1.807) is 20.5 Å². The van der Waals surface area contributed by atoms with Crippen molar-refractivity contribution in [2.45, 2.75) is 13.8 Å². The topological polar surface area (TPSA) is 49.3 Å². The molecule has 0 aliphatic heterocycles. The van der Waals surface area contributed by atoms with Crippen LogP contribution in [-0.2, 0) is 0 Å². The van der Waals surface area contributed by atoms with Crippen LogP contribution in [0.3, 0.4) is 0 Å². The highest BCUT2D eigenvalue weighted by atomic mass is 16.5. The molecule has 5 nitrogen and oxygen atoms in total. The van der Waals surface area contributed by atoms with E-state index in [4.69, 9.17) is 18.9 Å². The third-order valence-corrected chi connectivity index (χ3v) is 4.28. The van der Waals surface area contributed by atoms with E-state index < -0.39 is 0 Å². The molecule has 3 aromatic carbocycles. The molecule has 0 aliphatic rings. The van der Waals surface area contributed by atoms with Gasteiger partial charge >= 0.3 is 0 Å². The van der Waals surface area contributed by atoms with Gasteiger partial charge in [-0.3, -0.25) is 0 Å². The Labute approximate surface area is 177 Å². The van der Waals surface area contributed by atoms with Crippen LogP contribution < -0.4 is 18.9 Å². The SMILES string of the molecule is COc1ccc(N=C(Oc2cccc(C)c2)C(C)=COc2ccc(OC)cc2)cc1. The predicted octanol–water partition coefficient (Wildman–Crippen LogP) is 6.10. The highest BCUT2D eigenvalue weighted by Crippen LogP contribution is 2.22. The van der Waals surface area contributed by atoms with Crippen LogP contribution in [0.5, 0.6) is 23.0 Å². The normalized spacial score (nSPS) is 11.7. The first kappa shape index (κ1) is 21.0. The first-order valence-corrected chi connectivity index (χ1v) is 9.52. The molecule has 0 N–H and O–H groups in total. The highest BCUT2D eigenvalue weighted by Gasteiger charge is 2.08. The van der Waals surface area contributed by atoms with E-state index in [0.29, 0.717) is 17.4 Å². The third-order valence-electron chi connectivity index (χ3n) is 4.28. The van der Waals surface area contributed by atoms with Crippen molar-refractivity contribution in [1.29, 1.82) is 0 Å². The van der Waals surface area contributed by atoms with Crippen molar-refractivity contribution in [3.63, 3.8) is 0 Å². The highest BCUT2D eigenvalue weighted by molar-refractivity contribution is 5.96. The van der Waals surface area contributed by atoms with E-state index in [9.17, 15) is 0 Å². The number of aliphatic imine (C=N–C) groups is 1. The number of ether oxygens (including phenoxy) is 4. The molecule has 0 fully saturated rings. The van der Waals surface area contributed by atoms with Crippen molar-refractivity contribution >= 4 is 11.6 Å². The summed E-state index contributed by atoms with van der Waals surface area (Å²) in [6.45, 7) is 3.91. The lowest BCUT2D eigenvalue weighted by Gasteiger charge is -2.11. The number of methoxy groups -OCH3 is 2. The average molecular weight is 403 g/mol. The number of rotatable bonds is 7. The molecule has 3 rings (SSSR count). The Kier molecular flexibility index (Phi) is 7.11. The monoisotopic (exact) mass is 403 g/mol. The molecule has 0 heterocycles. The maximum absolute atomic E-state index is 6.09. The van der Waals surface area contributed by atoms with Crippen LogP contribution in [0.25, 0.3) is 0 Å². The van der Waals surface area contributed by atoms with Crippen LogP contribution in [0, 0.1) is 6.92 Å². The van der Waals surface area contributed by atoms with Gasteiger partial charge in [-0.25, -0.2) is 4.99 Å². The Morgan fingerprint density at radius 2 is 1.37 bits per heavy atom. The van der Waals surface area contributed by atoms with Crippen molar-refractivity contribution in [3.05, 3.63) is 90.2 Å². The number of nitrogens with zero attached hydrogens (tertiary/aromatic N) is 1. The Balaban J connectivity index is 1.86. The molecule has 3 aromatic rings. The van der Waals surface area contributed by atoms with Crippen LogP contribution in [0.4, 0.5) is 5.69 Å². The summed E-state index contributed by atoms with van der Waals surface area (Å²) in [4.78, 5) is 4.67. The summed E-state index contributed by atoms with van der Waals surface area (Å²) in [6.07, 6.45) is 1.62. The molecule has 0 spiro atoms. The van der Waals surface area contributed by atoms with Crippen LogP contribution >= 0.6 is 0 Å². The van der Waals surface area contributed by atoms with Gasteiger partial charge in [0.1, 0.15) is 23.0 Å². The van der Waals surface area contributed by atoms with E-state index in [-0.39, 0.29) is 0 Å². The number of hydrogen-bond acceptors (Lipinski definition) is 5. The summed E-state index contributed by atoms with van der Waals surface area (Å²) in [5.74, 6) is 3.38. The third kappa shape index (κ3) is 5.88. The summed E-state index contributed by atoms with van der Waals surface area (Å²) in [5, 5.41) is 0. The minimum Gasteiger partial charge on any atom is -0.497 e. The van der Waals surface area contributed by atoms with E-state index in [0.717, 1.165) is 28.3 Å². The van der Waals surface area contributed by atoms with E-state index >= 15 is 0 Å². The minimum atomic E-state index is 0.444. The van der Waals surface area contributed by atoms with Gasteiger partial charge in [-0.2, -0.15) is 0 Å². The van der Waals surface area contributed by atoms with E-state index in [2.05, 4.69) is 4.99 Å². The molecular formula is C25H25NO4. The molecule has 0 bridgehead atoms. The van der Waals surface area contributed by atoms with Gasteiger partial charge in [0, 0.05) is 5.57 Å². The molecule has 0 aromatic heterocycles. The molecule has 0 atom stereocenters. The van der Waals surface area contributed by atoms with Crippen molar-refractivity contribution in [2.24, 2.45) is 4.99 Å². The van der Waals surface area contributed by atoms with Crippen molar-refractivity contribution in [1.82, 2.24) is 0 Å². The standard InChI is InChI=1S/C25H25NO4/c1-18-6-5-7-24(16-18)30-25(26-20-8-10-21(27-3)11-9-20)19(2)17-29-23-14-12-22(28-4)13-15-23/h5-17H,1-4H3. The first-order valence-electron chi connectivity index (χ1n) is 9.52. The molecule has 0 radical (unpaired) electrons. The second-order valence-electron chi connectivity index (χ2n) is 6.63. The van der Waals surface area contributed by atoms with Gasteiger partial charge in [-0.1, -0.05) is 12.1 Å². The lowest BCUT2D eigenvalue weighted by molar-refractivity contribution is 0.412. The predicted molar refractivity (Wildman–Crippen MR) is 119 cm³/mol. The Morgan fingerprint density at radius 3 is 1.97 bits per heavy atom. The fourth-order valence-electron chi connectivity index (χ4n) is 2.62. The van der Waals surface area contributed by atoms with Gasteiger partial charge in [-0.15, -0.1) is 0 Å². The second-order valence-corrected chi connectivity index (χ2v) is 6.63. The van der Waals surface area contributed by atoms with Gasteiger partial charge in [0.2, 0.25) is 5.90 Å². The fraction of sp³-hybridized carbons (Fsp3) is 0.160. The van der Waals surface area contributed by atoms with Crippen molar-refractivity contribution in [3.8, 4) is 23.0 Å². The largest absolute Gasteiger partial charge is 0.497 e. The first-order chi connectivity index (χ1) is 14.6. The van der Waals surface area contributed by atoms with Gasteiger partial charge < -0.3 is 18.9 Å². The van der Waals surface area contributed by atoms with Gasteiger partial charge in [0.05, 0.1) is 26.2 Å². The number of benzene rings is 3. The maximum Gasteiger partial charge on any atom is 0.225 e. The zero-order valence-corrected chi connectivity index (χ0v) is 17.6. The van der Waals surface area contributed by atoms with E-state index in [1.807, 2.05) is 86.6 Å². The molecule has 154 valence electrons. The molecule has 0 unspecified atom stereocenters. The lowest BCUT2D eigenvalue weighted by Crippen LogP contribution is -2.11. The molecule has 0 saturated carbocycles. The van der Waals surface area contributed by atoms with Crippen LogP contribution in [0.15, 0.2) is 89.6 Å². The number of aryl methyl sites for hydroxylation is 1. The zero-order chi connectivity index (χ0) is 21.3. The molecule has 0 aliphatic carbocycles. The maximum atomic E-state index is 6.09. The molecule has 0 amide bonds. The van der Waals surface area contributed by atoms with Crippen LogP contribution in [-0.4, -0.2) is 20.1 Å². The quantitative estimate of drug-likeness (QED) is 0.271. The van der Waals surface area contributed by atoms with Crippen LogP contribution in [0.2, 0.25) is 0 Å². The van der Waals surface area contributed by atoms with Gasteiger partial charge in [-0.05, 0) is 80.1 Å². The minimum absolute atomic E-state index is 0.444. The summed E-state index contributed by atoms with van der Waals surface area (Å²) in [7, 11) is 3.26. The molecular weight excluding hydrogens is 378 g/mol. The number of hydrogen-bond donors (Lipinski definition) is 0. The van der Waals surface area contributed by atoms with Crippen LogP contribution in [0.1, 0.15) is 12.5 Å². The second kappa shape index (κ2) is 10.2. The summed E-state index contributed by atoms with van der Waals surface area (Å²) in [5.41, 5.74) is 2.59. The Hall–Kier alpha value is -3.73. The van der Waals surface area contributed by atoms with Gasteiger partial charge in [0.25, 0.3) is 0 Å². The van der Waals surface area contributed by atoms with E-state index in [1.165, 1.54) is 0 Å². The summed E-state index contributed by atoms with van der Waals surface area (Å²) in [6, 6.07) is 22.6. The Morgan fingerprint density at radius 1 is 0.767 bits per heavy atom. The lowest BCUT2D eigenvalue weighted by atomic mass is 10.2. The molecule has 30 heavy (non-hydrogen) atoms.